The molecular weight excluding hydrogens is 218 g/mol. The van der Waals surface area contributed by atoms with Crippen LogP contribution in [-0.2, 0) is 9.53 Å². The molecule has 0 saturated carbocycles. The molecular formula is C13H19NO3. The van der Waals surface area contributed by atoms with E-state index in [4.69, 9.17) is 4.74 Å². The van der Waals surface area contributed by atoms with Gasteiger partial charge in [0, 0.05) is 6.04 Å². The molecule has 1 rings (SSSR count). The molecule has 1 unspecified atom stereocenters. The zero-order valence-electron chi connectivity index (χ0n) is 10.5. The fourth-order valence-electron chi connectivity index (χ4n) is 1.39. The number of esters is 1. The first-order chi connectivity index (χ1) is 8.17. The van der Waals surface area contributed by atoms with Crippen molar-refractivity contribution in [2.45, 2.75) is 19.4 Å². The maximum Gasteiger partial charge on any atom is 0.308 e. The molecule has 0 bridgehead atoms. The first-order valence-electron chi connectivity index (χ1n) is 5.64. The van der Waals surface area contributed by atoms with Crippen LogP contribution < -0.4 is 10.1 Å². The lowest BCUT2D eigenvalue weighted by Gasteiger charge is -2.12. The van der Waals surface area contributed by atoms with Crippen LogP contribution in [-0.4, -0.2) is 26.7 Å². The number of carbonyl (C=O) groups excluding carboxylic acids is 1. The Hall–Kier alpha value is -1.55. The molecule has 0 amide bonds. The van der Waals surface area contributed by atoms with Gasteiger partial charge in [0.1, 0.15) is 5.75 Å². The minimum absolute atomic E-state index is 0.259. The second kappa shape index (κ2) is 6.91. The van der Waals surface area contributed by atoms with E-state index in [1.807, 2.05) is 31.3 Å². The van der Waals surface area contributed by atoms with E-state index in [2.05, 4.69) is 17.0 Å². The minimum Gasteiger partial charge on any atom is -0.493 e. The summed E-state index contributed by atoms with van der Waals surface area (Å²) in [6, 6.07) is 8.10. The predicted molar refractivity (Wildman–Crippen MR) is 66.0 cm³/mol. The molecule has 4 heteroatoms. The number of nitrogens with one attached hydrogen (secondary N) is 1. The highest BCUT2D eigenvalue weighted by Crippen LogP contribution is 2.18. The van der Waals surface area contributed by atoms with Crippen molar-refractivity contribution in [3.05, 3.63) is 29.8 Å². The predicted octanol–water partition coefficient (Wildman–Crippen LogP) is 1.91. The maximum atomic E-state index is 10.9. The Labute approximate surface area is 102 Å². The molecule has 4 nitrogen and oxygen atoms in total. The van der Waals surface area contributed by atoms with Crippen LogP contribution in [0.5, 0.6) is 5.75 Å². The fraction of sp³-hybridized carbons (Fsp3) is 0.462. The first-order valence-corrected chi connectivity index (χ1v) is 5.64. The average Bonchev–Trinajstić information content (AvgIpc) is 2.38. The van der Waals surface area contributed by atoms with Gasteiger partial charge < -0.3 is 14.8 Å². The molecule has 0 spiro atoms. The molecule has 0 aliphatic rings. The summed E-state index contributed by atoms with van der Waals surface area (Å²) in [7, 11) is 3.28. The summed E-state index contributed by atoms with van der Waals surface area (Å²) < 4.78 is 10.0. The van der Waals surface area contributed by atoms with E-state index in [9.17, 15) is 4.79 Å². The van der Waals surface area contributed by atoms with Crippen LogP contribution in [0.15, 0.2) is 24.3 Å². The van der Waals surface area contributed by atoms with Crippen LogP contribution in [0.3, 0.4) is 0 Å². The van der Waals surface area contributed by atoms with Crippen molar-refractivity contribution in [1.82, 2.24) is 5.32 Å². The molecule has 0 saturated heterocycles. The molecule has 0 fully saturated rings. The Balaban J connectivity index is 2.51. The number of methoxy groups -OCH3 is 1. The van der Waals surface area contributed by atoms with Crippen molar-refractivity contribution in [2.75, 3.05) is 20.8 Å². The maximum absolute atomic E-state index is 10.9. The lowest BCUT2D eigenvalue weighted by molar-refractivity contribution is -0.141. The molecule has 17 heavy (non-hydrogen) atoms. The van der Waals surface area contributed by atoms with Gasteiger partial charge in [-0.2, -0.15) is 0 Å². The van der Waals surface area contributed by atoms with Gasteiger partial charge in [0.05, 0.1) is 20.1 Å². The Kier molecular flexibility index (Phi) is 5.49. The van der Waals surface area contributed by atoms with Crippen LogP contribution in [0.4, 0.5) is 0 Å². The van der Waals surface area contributed by atoms with Crippen LogP contribution in [0.1, 0.15) is 24.9 Å². The fourth-order valence-corrected chi connectivity index (χ4v) is 1.39. The molecule has 0 aliphatic heterocycles. The standard InChI is InChI=1S/C13H19NO3/c1-10(14-2)11-5-4-6-12(9-11)17-8-7-13(15)16-3/h4-6,9-10,14H,7-8H2,1-3H3. The summed E-state index contributed by atoms with van der Waals surface area (Å²) in [6.07, 6.45) is 0.266. The zero-order chi connectivity index (χ0) is 12.7. The third-order valence-corrected chi connectivity index (χ3v) is 2.59. The van der Waals surface area contributed by atoms with Gasteiger partial charge >= 0.3 is 5.97 Å². The smallest absolute Gasteiger partial charge is 0.308 e. The highest BCUT2D eigenvalue weighted by atomic mass is 16.5. The number of carbonyl (C=O) groups is 1. The number of hydrogen-bond acceptors (Lipinski definition) is 4. The van der Waals surface area contributed by atoms with Crippen molar-refractivity contribution in [3.63, 3.8) is 0 Å². The normalized spacial score (nSPS) is 11.9. The molecule has 94 valence electrons. The van der Waals surface area contributed by atoms with Crippen molar-refractivity contribution in [3.8, 4) is 5.75 Å². The van der Waals surface area contributed by atoms with E-state index in [1.165, 1.54) is 7.11 Å². The van der Waals surface area contributed by atoms with E-state index < -0.39 is 0 Å². The highest BCUT2D eigenvalue weighted by Gasteiger charge is 2.04. The Morgan fingerprint density at radius 1 is 1.47 bits per heavy atom. The van der Waals surface area contributed by atoms with E-state index >= 15 is 0 Å². The molecule has 1 N–H and O–H groups in total. The third-order valence-electron chi connectivity index (χ3n) is 2.59. The van der Waals surface area contributed by atoms with Crippen LogP contribution in [0.25, 0.3) is 0 Å². The molecule has 0 heterocycles. The van der Waals surface area contributed by atoms with Gasteiger partial charge in [-0.15, -0.1) is 0 Å². The third kappa shape index (κ3) is 4.44. The van der Waals surface area contributed by atoms with E-state index in [0.29, 0.717) is 6.61 Å². The zero-order valence-corrected chi connectivity index (χ0v) is 10.5. The van der Waals surface area contributed by atoms with Gasteiger partial charge in [0.25, 0.3) is 0 Å². The van der Waals surface area contributed by atoms with Gasteiger partial charge in [0.15, 0.2) is 0 Å². The van der Waals surface area contributed by atoms with Crippen molar-refractivity contribution < 1.29 is 14.3 Å². The van der Waals surface area contributed by atoms with Gasteiger partial charge in [-0.1, -0.05) is 12.1 Å². The summed E-state index contributed by atoms with van der Waals surface area (Å²) >= 11 is 0. The molecule has 0 aliphatic carbocycles. The highest BCUT2D eigenvalue weighted by molar-refractivity contribution is 5.69. The monoisotopic (exact) mass is 237 g/mol. The summed E-state index contributed by atoms with van der Waals surface area (Å²) in [5.41, 5.74) is 1.16. The van der Waals surface area contributed by atoms with Gasteiger partial charge in [-0.25, -0.2) is 0 Å². The second-order valence-corrected chi connectivity index (χ2v) is 3.76. The molecule has 0 radical (unpaired) electrons. The Morgan fingerprint density at radius 3 is 2.88 bits per heavy atom. The number of hydrogen-bond donors (Lipinski definition) is 1. The number of rotatable bonds is 6. The van der Waals surface area contributed by atoms with Crippen LogP contribution in [0.2, 0.25) is 0 Å². The van der Waals surface area contributed by atoms with Crippen molar-refractivity contribution in [1.29, 1.82) is 0 Å². The van der Waals surface area contributed by atoms with Gasteiger partial charge in [0.2, 0.25) is 0 Å². The number of benzene rings is 1. The van der Waals surface area contributed by atoms with Gasteiger partial charge in [-0.3, -0.25) is 4.79 Å². The van der Waals surface area contributed by atoms with Crippen molar-refractivity contribution >= 4 is 5.97 Å². The van der Waals surface area contributed by atoms with E-state index in [-0.39, 0.29) is 18.4 Å². The SMILES string of the molecule is CNC(C)c1cccc(OCCC(=O)OC)c1. The summed E-state index contributed by atoms with van der Waals surface area (Å²) in [4.78, 5) is 10.9. The quantitative estimate of drug-likeness (QED) is 0.768. The Morgan fingerprint density at radius 2 is 2.24 bits per heavy atom. The molecule has 1 aromatic rings. The molecule has 1 atom stereocenters. The Bertz CT molecular complexity index is 365. The van der Waals surface area contributed by atoms with E-state index in [0.717, 1.165) is 11.3 Å². The summed E-state index contributed by atoms with van der Waals surface area (Å²) in [5.74, 6) is 0.512. The largest absolute Gasteiger partial charge is 0.493 e. The summed E-state index contributed by atoms with van der Waals surface area (Å²) in [6.45, 7) is 2.41. The van der Waals surface area contributed by atoms with Crippen LogP contribution in [0, 0.1) is 0 Å². The van der Waals surface area contributed by atoms with E-state index in [1.54, 1.807) is 0 Å². The average molecular weight is 237 g/mol. The number of ether oxygens (including phenoxy) is 2. The van der Waals surface area contributed by atoms with Crippen molar-refractivity contribution in [2.24, 2.45) is 0 Å². The minimum atomic E-state index is -0.259. The lowest BCUT2D eigenvalue weighted by atomic mass is 10.1. The first kappa shape index (κ1) is 13.5. The second-order valence-electron chi connectivity index (χ2n) is 3.76. The lowest BCUT2D eigenvalue weighted by Crippen LogP contribution is -2.12. The summed E-state index contributed by atoms with van der Waals surface area (Å²) in [5, 5.41) is 3.16. The molecule has 0 aromatic heterocycles. The molecule has 1 aromatic carbocycles. The van der Waals surface area contributed by atoms with Gasteiger partial charge in [-0.05, 0) is 31.7 Å². The van der Waals surface area contributed by atoms with Crippen LogP contribution >= 0.6 is 0 Å². The topological polar surface area (TPSA) is 47.6 Å².